The van der Waals surface area contributed by atoms with Crippen LogP contribution < -0.4 is 5.73 Å². The number of nitrogens with two attached hydrogens (primary N) is 1. The molecule has 0 saturated heterocycles. The molecule has 1 heterocycles. The summed E-state index contributed by atoms with van der Waals surface area (Å²) in [5, 5.41) is 2.03. The molecular weight excluding hydrogens is 456 g/mol. The van der Waals surface area contributed by atoms with Crippen LogP contribution in [0, 0.1) is 6.92 Å². The van der Waals surface area contributed by atoms with Crippen LogP contribution in [0.25, 0.3) is 10.8 Å². The SMILES string of the molecule is CC(=O)c1ccc(Cc2ncc(CC(N)=O)c3ccccc23)cc1C(C)C.CCCc1ccc(C)cc1. The third-order valence-electron chi connectivity index (χ3n) is 6.47. The van der Waals surface area contributed by atoms with Crippen molar-refractivity contribution in [2.24, 2.45) is 5.73 Å². The first-order valence-corrected chi connectivity index (χ1v) is 13.0. The Morgan fingerprint density at radius 3 is 2.16 bits per heavy atom. The van der Waals surface area contributed by atoms with Gasteiger partial charge in [-0.3, -0.25) is 14.6 Å². The number of benzene rings is 3. The van der Waals surface area contributed by atoms with Crippen LogP contribution in [0.4, 0.5) is 0 Å². The maximum atomic E-state index is 11.9. The van der Waals surface area contributed by atoms with E-state index < -0.39 is 0 Å². The number of fused-ring (bicyclic) bond motifs is 1. The maximum Gasteiger partial charge on any atom is 0.221 e. The smallest absolute Gasteiger partial charge is 0.221 e. The molecule has 4 nitrogen and oxygen atoms in total. The second-order valence-corrected chi connectivity index (χ2v) is 9.96. The molecule has 2 N–H and O–H groups in total. The second-order valence-electron chi connectivity index (χ2n) is 9.96. The molecule has 0 atom stereocenters. The van der Waals surface area contributed by atoms with E-state index in [0.717, 1.165) is 38.7 Å². The minimum atomic E-state index is -0.365. The number of aromatic nitrogens is 1. The number of aryl methyl sites for hydroxylation is 2. The average molecular weight is 495 g/mol. The first-order chi connectivity index (χ1) is 17.7. The Hall–Kier alpha value is -3.79. The number of hydrogen-bond acceptors (Lipinski definition) is 3. The fraction of sp³-hybridized carbons (Fsp3) is 0.303. The zero-order valence-electron chi connectivity index (χ0n) is 22.7. The van der Waals surface area contributed by atoms with Crippen LogP contribution in [0.15, 0.2) is 72.9 Å². The molecule has 0 fully saturated rings. The van der Waals surface area contributed by atoms with E-state index in [1.807, 2.05) is 36.4 Å². The minimum absolute atomic E-state index is 0.0876. The zero-order valence-corrected chi connectivity index (χ0v) is 22.7. The highest BCUT2D eigenvalue weighted by atomic mass is 16.1. The number of carbonyl (C=O) groups is 2. The summed E-state index contributed by atoms with van der Waals surface area (Å²) in [6, 6.07) is 22.7. The predicted octanol–water partition coefficient (Wildman–Crippen LogP) is 7.13. The number of carbonyl (C=O) groups excluding carboxylic acids is 2. The first kappa shape index (κ1) is 27.8. The lowest BCUT2D eigenvalue weighted by Crippen LogP contribution is -2.14. The van der Waals surface area contributed by atoms with Crippen molar-refractivity contribution in [2.75, 3.05) is 0 Å². The van der Waals surface area contributed by atoms with Gasteiger partial charge in [0.15, 0.2) is 5.78 Å². The molecule has 37 heavy (non-hydrogen) atoms. The molecule has 4 aromatic rings. The van der Waals surface area contributed by atoms with Gasteiger partial charge in [0.1, 0.15) is 0 Å². The predicted molar refractivity (Wildman–Crippen MR) is 153 cm³/mol. The monoisotopic (exact) mass is 494 g/mol. The lowest BCUT2D eigenvalue weighted by atomic mass is 9.91. The summed E-state index contributed by atoms with van der Waals surface area (Å²) in [5.74, 6) is -0.00720. The highest BCUT2D eigenvalue weighted by Gasteiger charge is 2.14. The average Bonchev–Trinajstić information content (AvgIpc) is 2.87. The van der Waals surface area contributed by atoms with Crippen molar-refractivity contribution in [3.8, 4) is 0 Å². The summed E-state index contributed by atoms with van der Waals surface area (Å²) in [6.45, 7) is 10.1. The Kier molecular flexibility index (Phi) is 9.73. The van der Waals surface area contributed by atoms with Crippen LogP contribution in [-0.4, -0.2) is 16.7 Å². The third kappa shape index (κ3) is 7.60. The molecule has 0 aliphatic carbocycles. The van der Waals surface area contributed by atoms with Crippen molar-refractivity contribution in [3.05, 3.63) is 112 Å². The van der Waals surface area contributed by atoms with Crippen molar-refractivity contribution in [2.45, 2.75) is 66.2 Å². The van der Waals surface area contributed by atoms with E-state index in [9.17, 15) is 9.59 Å². The standard InChI is InChI=1S/C23H24N2O2.C10H14/c1-14(2)21-10-16(8-9-18(21)15(3)26)11-22-20-7-5-4-6-19(20)17(13-25-22)12-23(24)27;1-3-4-10-7-5-9(2)6-8-10/h4-10,13-14H,11-12H2,1-3H3,(H2,24,27);5-8H,3-4H2,1-2H3. The topological polar surface area (TPSA) is 73.1 Å². The van der Waals surface area contributed by atoms with E-state index >= 15 is 0 Å². The Morgan fingerprint density at radius 1 is 0.919 bits per heavy atom. The van der Waals surface area contributed by atoms with Crippen LogP contribution in [0.1, 0.15) is 83.9 Å². The number of ketones is 1. The first-order valence-electron chi connectivity index (χ1n) is 13.0. The molecule has 4 heteroatoms. The summed E-state index contributed by atoms with van der Waals surface area (Å²) >= 11 is 0. The van der Waals surface area contributed by atoms with Gasteiger partial charge in [-0.1, -0.05) is 99.5 Å². The lowest BCUT2D eigenvalue weighted by Gasteiger charge is -2.14. The number of primary amides is 1. The molecule has 4 rings (SSSR count). The molecular formula is C33H38N2O2. The number of hydrogen-bond donors (Lipinski definition) is 1. The molecule has 1 aromatic heterocycles. The molecule has 0 aliphatic rings. The van der Waals surface area contributed by atoms with Gasteiger partial charge < -0.3 is 5.73 Å². The van der Waals surface area contributed by atoms with Gasteiger partial charge in [-0.05, 0) is 53.8 Å². The fourth-order valence-electron chi connectivity index (χ4n) is 4.54. The lowest BCUT2D eigenvalue weighted by molar-refractivity contribution is -0.117. The van der Waals surface area contributed by atoms with Gasteiger partial charge in [0.25, 0.3) is 0 Å². The van der Waals surface area contributed by atoms with Crippen LogP contribution in [0.5, 0.6) is 0 Å². The summed E-state index contributed by atoms with van der Waals surface area (Å²) in [6.07, 6.45) is 5.03. The van der Waals surface area contributed by atoms with E-state index in [4.69, 9.17) is 5.73 Å². The van der Waals surface area contributed by atoms with Gasteiger partial charge in [0.2, 0.25) is 5.91 Å². The van der Waals surface area contributed by atoms with Crippen molar-refractivity contribution in [1.29, 1.82) is 0 Å². The van der Waals surface area contributed by atoms with Gasteiger partial charge in [0, 0.05) is 23.6 Å². The highest BCUT2D eigenvalue weighted by Crippen LogP contribution is 2.26. The van der Waals surface area contributed by atoms with Crippen molar-refractivity contribution >= 4 is 22.5 Å². The van der Waals surface area contributed by atoms with E-state index in [1.54, 1.807) is 13.1 Å². The van der Waals surface area contributed by atoms with E-state index in [2.05, 4.69) is 63.0 Å². The van der Waals surface area contributed by atoms with Crippen LogP contribution in [0.2, 0.25) is 0 Å². The Bertz CT molecular complexity index is 1370. The quantitative estimate of drug-likeness (QED) is 0.265. The Balaban J connectivity index is 0.000000319. The van der Waals surface area contributed by atoms with E-state index in [-0.39, 0.29) is 24.0 Å². The number of nitrogens with zero attached hydrogens (tertiary/aromatic N) is 1. The minimum Gasteiger partial charge on any atom is -0.369 e. The van der Waals surface area contributed by atoms with Gasteiger partial charge in [-0.25, -0.2) is 0 Å². The molecule has 0 radical (unpaired) electrons. The number of rotatable bonds is 8. The summed E-state index contributed by atoms with van der Waals surface area (Å²) < 4.78 is 0. The summed E-state index contributed by atoms with van der Waals surface area (Å²) in [5.41, 5.74) is 12.9. The largest absolute Gasteiger partial charge is 0.369 e. The Morgan fingerprint density at radius 2 is 1.57 bits per heavy atom. The molecule has 192 valence electrons. The third-order valence-corrected chi connectivity index (χ3v) is 6.47. The number of amides is 1. The van der Waals surface area contributed by atoms with Crippen molar-refractivity contribution < 1.29 is 9.59 Å². The molecule has 0 spiro atoms. The molecule has 0 unspecified atom stereocenters. The van der Waals surface area contributed by atoms with Crippen LogP contribution >= 0.6 is 0 Å². The van der Waals surface area contributed by atoms with E-state index in [1.165, 1.54) is 24.0 Å². The molecule has 0 aliphatic heterocycles. The Labute approximate surface area is 220 Å². The molecule has 0 saturated carbocycles. The normalized spacial score (nSPS) is 10.8. The van der Waals surface area contributed by atoms with Crippen molar-refractivity contribution in [1.82, 2.24) is 4.98 Å². The molecule has 0 bridgehead atoms. The number of Topliss-reactive ketones (excluding diaryl/α,β-unsaturated/α-hetero) is 1. The second kappa shape index (κ2) is 13.0. The molecule has 3 aromatic carbocycles. The van der Waals surface area contributed by atoms with Gasteiger partial charge in [-0.2, -0.15) is 0 Å². The van der Waals surface area contributed by atoms with Crippen molar-refractivity contribution in [3.63, 3.8) is 0 Å². The summed E-state index contributed by atoms with van der Waals surface area (Å²) in [4.78, 5) is 27.8. The van der Waals surface area contributed by atoms with Crippen LogP contribution in [0.3, 0.4) is 0 Å². The number of pyridine rings is 1. The van der Waals surface area contributed by atoms with Crippen LogP contribution in [-0.2, 0) is 24.1 Å². The van der Waals surface area contributed by atoms with Gasteiger partial charge >= 0.3 is 0 Å². The van der Waals surface area contributed by atoms with Gasteiger partial charge in [-0.15, -0.1) is 0 Å². The van der Waals surface area contributed by atoms with E-state index in [0.29, 0.717) is 6.42 Å². The maximum absolute atomic E-state index is 11.9. The van der Waals surface area contributed by atoms with Gasteiger partial charge in [0.05, 0.1) is 12.1 Å². The highest BCUT2D eigenvalue weighted by molar-refractivity contribution is 5.96. The zero-order chi connectivity index (χ0) is 26.9. The summed E-state index contributed by atoms with van der Waals surface area (Å²) in [7, 11) is 0. The molecule has 1 amide bonds. The fourth-order valence-corrected chi connectivity index (χ4v) is 4.54.